The van der Waals surface area contributed by atoms with E-state index in [4.69, 9.17) is 19.5 Å². The first kappa shape index (κ1) is 36.9. The van der Waals surface area contributed by atoms with Crippen LogP contribution in [-0.4, -0.2) is 67.0 Å². The molecule has 2 heterocycles. The number of piperidine rings is 1. The van der Waals surface area contributed by atoms with E-state index in [9.17, 15) is 27.6 Å². The Bertz CT molecular complexity index is 1350. The Labute approximate surface area is 252 Å². The highest BCUT2D eigenvalue weighted by atomic mass is 19.4. The number of carbonyl (C=O) groups excluding carboxylic acids is 3. The molecule has 0 bridgehead atoms. The second-order valence-electron chi connectivity index (χ2n) is 10.9. The van der Waals surface area contributed by atoms with Gasteiger partial charge in [-0.2, -0.15) is 28.6 Å². The second kappa shape index (κ2) is 15.9. The number of rotatable bonds is 5. The van der Waals surface area contributed by atoms with Crippen LogP contribution in [-0.2, 0) is 14.4 Å². The summed E-state index contributed by atoms with van der Waals surface area (Å²) in [6.07, 6.45) is 0.930. The van der Waals surface area contributed by atoms with E-state index in [1.54, 1.807) is 23.5 Å². The maximum Gasteiger partial charge on any atom is 0.471 e. The number of nitrogens with one attached hydrogen (secondary N) is 2. The van der Waals surface area contributed by atoms with Crippen LogP contribution in [0.3, 0.4) is 0 Å². The Balaban J connectivity index is 0.000000364. The van der Waals surface area contributed by atoms with E-state index in [1.807, 2.05) is 19.9 Å². The number of nitrogens with zero attached hydrogens (tertiary/aromatic N) is 4. The van der Waals surface area contributed by atoms with Gasteiger partial charge in [0.2, 0.25) is 12.3 Å². The molecule has 1 aliphatic carbocycles. The molecule has 1 aliphatic heterocycles. The summed E-state index contributed by atoms with van der Waals surface area (Å²) in [6, 6.07) is 6.19. The van der Waals surface area contributed by atoms with Crippen LogP contribution in [0.1, 0.15) is 65.8 Å². The lowest BCUT2D eigenvalue weighted by Crippen LogP contribution is -2.44. The molecule has 4 rings (SSSR count). The van der Waals surface area contributed by atoms with Crippen molar-refractivity contribution in [2.75, 3.05) is 19.6 Å². The first-order valence-corrected chi connectivity index (χ1v) is 13.8. The summed E-state index contributed by atoms with van der Waals surface area (Å²) in [5.74, 6) is 1.71. The van der Waals surface area contributed by atoms with Crippen molar-refractivity contribution in [2.45, 2.75) is 60.7 Å². The fourth-order valence-corrected chi connectivity index (χ4v) is 4.52. The predicted molar refractivity (Wildman–Crippen MR) is 159 cm³/mol. The van der Waals surface area contributed by atoms with Gasteiger partial charge in [-0.3, -0.25) is 14.4 Å². The average molecular weight is 598 g/mol. The summed E-state index contributed by atoms with van der Waals surface area (Å²) in [5, 5.41) is 21.9. The Kier molecular flexibility index (Phi) is 13.7. The van der Waals surface area contributed by atoms with E-state index in [0.29, 0.717) is 47.7 Å². The Morgan fingerprint density at radius 3 is 2.23 bits per heavy atom. The van der Waals surface area contributed by atoms with Crippen molar-refractivity contribution in [1.29, 1.82) is 5.26 Å². The zero-order valence-corrected chi connectivity index (χ0v) is 25.5. The summed E-state index contributed by atoms with van der Waals surface area (Å²) in [5.41, 5.74) is 1.29. The van der Waals surface area contributed by atoms with Gasteiger partial charge in [0.15, 0.2) is 6.04 Å². The molecule has 1 aromatic heterocycles. The second-order valence-corrected chi connectivity index (χ2v) is 10.9. The normalized spacial score (nSPS) is 18.0. The number of nitriles is 1. The summed E-state index contributed by atoms with van der Waals surface area (Å²) in [4.78, 5) is 34.2. The van der Waals surface area contributed by atoms with E-state index >= 15 is 0 Å². The van der Waals surface area contributed by atoms with Crippen LogP contribution < -0.4 is 16.2 Å². The van der Waals surface area contributed by atoms with Crippen LogP contribution in [0.2, 0.25) is 0 Å². The third kappa shape index (κ3) is 9.70. The standard InChI is InChI=1S/C13H7BN4O.C11H15F3N2O2.C4H10.C2H6/c1-2-8-4-3-5-9-11(8)12(17-18-13(9)14)10(6-15)16-7-19;1-10(2)6-4-16(5-7(6)10)8(17)3-15-9(18)11(12,13)14;1-4(2)3;1-2/h1,3-5,7,10H,(H,16,19);6-7H,3-5H2,1-2H3,(H,15,18);4H,1-3H3;1-2H3/t;6-,7?;;/m.1../s1. The first-order valence-electron chi connectivity index (χ1n) is 13.8. The Hall–Kier alpha value is -4.13. The van der Waals surface area contributed by atoms with Crippen molar-refractivity contribution in [2.24, 2.45) is 23.2 Å². The van der Waals surface area contributed by atoms with Gasteiger partial charge in [-0.25, -0.2) is 0 Å². The van der Waals surface area contributed by atoms with Gasteiger partial charge >= 0.3 is 12.1 Å². The van der Waals surface area contributed by atoms with Crippen LogP contribution in [0.25, 0.3) is 10.8 Å². The fourth-order valence-electron chi connectivity index (χ4n) is 4.52. The SMILES string of the molecule is CC.CC(C)C.CC1(C)C2CN(C(=O)CNC(=O)C(F)(F)F)C[C@H]21.[B]c1nnc(C(C#N)NC=O)c2c(C#C)cccc12. The number of hydrogen-bond donors (Lipinski definition) is 2. The molecule has 2 aromatic rings. The lowest BCUT2D eigenvalue weighted by molar-refractivity contribution is -0.174. The van der Waals surface area contributed by atoms with Crippen LogP contribution in [0.5, 0.6) is 0 Å². The fraction of sp³-hybridized carbons (Fsp3) is 0.533. The highest BCUT2D eigenvalue weighted by Gasteiger charge is 2.62. The monoisotopic (exact) mass is 598 g/mol. The summed E-state index contributed by atoms with van der Waals surface area (Å²) in [7, 11) is 5.75. The third-order valence-electron chi connectivity index (χ3n) is 6.79. The average Bonchev–Trinajstić information content (AvgIpc) is 3.26. The van der Waals surface area contributed by atoms with Gasteiger partial charge in [-0.15, -0.1) is 6.42 Å². The molecule has 2 radical (unpaired) electrons. The number of benzene rings is 1. The van der Waals surface area contributed by atoms with Gasteiger partial charge in [0.25, 0.3) is 0 Å². The lowest BCUT2D eigenvalue weighted by Gasteiger charge is -2.22. The Morgan fingerprint density at radius 2 is 1.77 bits per heavy atom. The molecule has 1 saturated carbocycles. The van der Waals surface area contributed by atoms with Crippen LogP contribution in [0.4, 0.5) is 13.2 Å². The number of fused-ring (bicyclic) bond motifs is 2. The maximum atomic E-state index is 11.9. The number of terminal acetylenes is 1. The molecule has 230 valence electrons. The molecule has 2 fully saturated rings. The molecule has 13 heteroatoms. The van der Waals surface area contributed by atoms with Gasteiger partial charge in [0, 0.05) is 29.6 Å². The highest BCUT2D eigenvalue weighted by molar-refractivity contribution is 6.37. The quantitative estimate of drug-likeness (QED) is 0.309. The van der Waals surface area contributed by atoms with Gasteiger partial charge < -0.3 is 15.5 Å². The zero-order valence-electron chi connectivity index (χ0n) is 25.5. The number of hydrogen-bond acceptors (Lipinski definition) is 6. The summed E-state index contributed by atoms with van der Waals surface area (Å²) < 4.78 is 35.7. The molecule has 3 amide bonds. The molecule has 43 heavy (non-hydrogen) atoms. The van der Waals surface area contributed by atoms with Crippen LogP contribution in [0.15, 0.2) is 18.2 Å². The van der Waals surface area contributed by atoms with Crippen molar-refractivity contribution in [3.63, 3.8) is 0 Å². The topological polar surface area (TPSA) is 128 Å². The van der Waals surface area contributed by atoms with Gasteiger partial charge in [-0.05, 0) is 34.6 Å². The molecule has 2 unspecified atom stereocenters. The molecule has 2 N–H and O–H groups in total. The van der Waals surface area contributed by atoms with Crippen molar-refractivity contribution < 1.29 is 27.6 Å². The molecular weight excluding hydrogens is 560 g/mol. The minimum atomic E-state index is -4.94. The molecule has 1 saturated heterocycles. The van der Waals surface area contributed by atoms with E-state index in [2.05, 4.69) is 56.1 Å². The van der Waals surface area contributed by atoms with Crippen molar-refractivity contribution in [3.8, 4) is 18.4 Å². The molecule has 3 atom stereocenters. The molecule has 0 spiro atoms. The minimum absolute atomic E-state index is 0.221. The number of amides is 3. The van der Waals surface area contributed by atoms with E-state index in [0.717, 1.165) is 5.92 Å². The van der Waals surface area contributed by atoms with Crippen molar-refractivity contribution in [1.82, 2.24) is 25.7 Å². The molecule has 1 aromatic carbocycles. The number of alkyl halides is 3. The largest absolute Gasteiger partial charge is 0.471 e. The van der Waals surface area contributed by atoms with E-state index < -0.39 is 30.6 Å². The minimum Gasteiger partial charge on any atom is -0.341 e. The summed E-state index contributed by atoms with van der Waals surface area (Å²) in [6.45, 7) is 15.3. The van der Waals surface area contributed by atoms with Crippen molar-refractivity contribution >= 4 is 42.4 Å². The third-order valence-corrected chi connectivity index (χ3v) is 6.79. The van der Waals surface area contributed by atoms with Crippen molar-refractivity contribution in [3.05, 3.63) is 29.5 Å². The molecular formula is C30H38BF3N6O3. The zero-order chi connectivity index (χ0) is 33.1. The number of likely N-dealkylation sites (tertiary alicyclic amines) is 1. The smallest absolute Gasteiger partial charge is 0.341 e. The number of halogens is 3. The number of carbonyl (C=O) groups is 3. The molecule has 9 nitrogen and oxygen atoms in total. The van der Waals surface area contributed by atoms with Gasteiger partial charge in [0.05, 0.1) is 12.6 Å². The Morgan fingerprint density at radius 1 is 1.21 bits per heavy atom. The van der Waals surface area contributed by atoms with Crippen LogP contribution >= 0.6 is 0 Å². The van der Waals surface area contributed by atoms with Gasteiger partial charge in [0.1, 0.15) is 13.5 Å². The molecule has 2 aliphatic rings. The highest BCUT2D eigenvalue weighted by Crippen LogP contribution is 2.61. The lowest BCUT2D eigenvalue weighted by atomic mass is 9.93. The number of aromatic nitrogens is 2. The van der Waals surface area contributed by atoms with E-state index in [1.165, 1.54) is 4.90 Å². The maximum absolute atomic E-state index is 11.9. The van der Waals surface area contributed by atoms with Gasteiger partial charge in [-0.1, -0.05) is 66.5 Å². The van der Waals surface area contributed by atoms with E-state index in [-0.39, 0.29) is 16.7 Å². The van der Waals surface area contributed by atoms with Crippen LogP contribution in [0, 0.1) is 46.8 Å². The summed E-state index contributed by atoms with van der Waals surface area (Å²) >= 11 is 0. The first-order chi connectivity index (χ1) is 20.1. The predicted octanol–water partition coefficient (Wildman–Crippen LogP) is 3.18.